The van der Waals surface area contributed by atoms with Gasteiger partial charge in [0.25, 0.3) is 5.91 Å². The van der Waals surface area contributed by atoms with E-state index in [2.05, 4.69) is 20.8 Å². The van der Waals surface area contributed by atoms with Gasteiger partial charge in [0.2, 0.25) is 0 Å². The molecule has 0 spiro atoms. The van der Waals surface area contributed by atoms with Crippen molar-refractivity contribution in [3.8, 4) is 5.75 Å². The van der Waals surface area contributed by atoms with Crippen molar-refractivity contribution >= 4 is 40.5 Å². The van der Waals surface area contributed by atoms with Crippen LogP contribution in [0.5, 0.6) is 5.75 Å². The molecule has 3 rings (SSSR count). The molecule has 10 nitrogen and oxygen atoms in total. The van der Waals surface area contributed by atoms with Crippen LogP contribution in [0, 0.1) is 10.1 Å². The zero-order valence-electron chi connectivity index (χ0n) is 14.3. The fraction of sp³-hybridized carbons (Fsp3) is 0.0588. The predicted octanol–water partition coefficient (Wildman–Crippen LogP) is 3.13. The molecule has 0 radical (unpaired) electrons. The zero-order valence-corrected chi connectivity index (χ0v) is 15.0. The number of H-pyrrole nitrogens is 1. The molecule has 1 heterocycles. The third-order valence-corrected chi connectivity index (χ3v) is 4.04. The van der Waals surface area contributed by atoms with E-state index in [-0.39, 0.29) is 23.7 Å². The first-order chi connectivity index (χ1) is 13.3. The second kappa shape index (κ2) is 7.84. The van der Waals surface area contributed by atoms with Gasteiger partial charge in [-0.15, -0.1) is 0 Å². The second-order valence-corrected chi connectivity index (χ2v) is 6.19. The van der Waals surface area contributed by atoms with Crippen LogP contribution in [0.2, 0.25) is 5.02 Å². The Labute approximate surface area is 163 Å². The van der Waals surface area contributed by atoms with Crippen LogP contribution in [0.4, 0.5) is 23.0 Å². The normalized spacial score (nSPS) is 10.5. The molecule has 0 aliphatic carbocycles. The summed E-state index contributed by atoms with van der Waals surface area (Å²) in [5.74, 6) is -0.710. The van der Waals surface area contributed by atoms with E-state index in [0.29, 0.717) is 16.3 Å². The van der Waals surface area contributed by atoms with E-state index in [1.54, 1.807) is 24.3 Å². The lowest BCUT2D eigenvalue weighted by atomic mass is 10.2. The molecule has 0 unspecified atom stereocenters. The number of benzene rings is 2. The van der Waals surface area contributed by atoms with Crippen molar-refractivity contribution in [3.05, 3.63) is 68.7 Å². The summed E-state index contributed by atoms with van der Waals surface area (Å²) in [6.07, 6.45) is 0. The molecule has 0 bridgehead atoms. The monoisotopic (exact) mass is 402 g/mol. The number of nitro groups is 1. The Hall–Kier alpha value is -3.79. The van der Waals surface area contributed by atoms with Gasteiger partial charge in [-0.3, -0.25) is 20.0 Å². The van der Waals surface area contributed by atoms with E-state index in [1.165, 1.54) is 18.2 Å². The van der Waals surface area contributed by atoms with Crippen molar-refractivity contribution in [2.75, 3.05) is 10.6 Å². The number of nitrogens with one attached hydrogen (secondary N) is 3. The fourth-order valence-electron chi connectivity index (χ4n) is 2.52. The Morgan fingerprint density at radius 1 is 1.32 bits per heavy atom. The summed E-state index contributed by atoms with van der Waals surface area (Å²) in [6, 6.07) is 10.8. The van der Waals surface area contributed by atoms with E-state index in [9.17, 15) is 20.0 Å². The summed E-state index contributed by atoms with van der Waals surface area (Å²) in [7, 11) is 0. The standard InChI is InChI=1S/C17H15ClN6O4/c18-10-2-1-3-11(7-10)21-17-14(15(19)26)16(22-23-17)20-8-9-4-5-13(25)12(6-9)24(27)28/h1-7,25H,8H2,(H2,19,26)(H3,20,21,22,23). The van der Waals surface area contributed by atoms with Gasteiger partial charge in [-0.25, -0.2) is 0 Å². The highest BCUT2D eigenvalue weighted by Gasteiger charge is 2.19. The summed E-state index contributed by atoms with van der Waals surface area (Å²) < 4.78 is 0. The molecule has 28 heavy (non-hydrogen) atoms. The molecule has 0 aliphatic heterocycles. The number of nitrogens with zero attached hydrogens (tertiary/aromatic N) is 2. The lowest BCUT2D eigenvalue weighted by molar-refractivity contribution is -0.385. The number of hydrogen-bond donors (Lipinski definition) is 5. The van der Waals surface area contributed by atoms with Crippen molar-refractivity contribution < 1.29 is 14.8 Å². The number of carbonyl (C=O) groups excluding carboxylic acids is 1. The number of anilines is 3. The maximum absolute atomic E-state index is 11.9. The van der Waals surface area contributed by atoms with Crippen LogP contribution in [0.1, 0.15) is 15.9 Å². The van der Waals surface area contributed by atoms with Crippen LogP contribution >= 0.6 is 11.6 Å². The Balaban J connectivity index is 1.81. The van der Waals surface area contributed by atoms with E-state index < -0.39 is 22.3 Å². The molecule has 11 heteroatoms. The number of aromatic nitrogens is 2. The zero-order chi connectivity index (χ0) is 20.3. The number of aromatic hydroxyl groups is 1. The quantitative estimate of drug-likeness (QED) is 0.299. The number of phenols is 1. The summed E-state index contributed by atoms with van der Waals surface area (Å²) in [6.45, 7) is 0.114. The third-order valence-electron chi connectivity index (χ3n) is 3.80. The summed E-state index contributed by atoms with van der Waals surface area (Å²) in [5.41, 5.74) is 6.27. The Kier molecular flexibility index (Phi) is 5.32. The number of halogens is 1. The third kappa shape index (κ3) is 4.13. The molecule has 1 amide bonds. The number of amides is 1. The molecule has 0 aliphatic rings. The van der Waals surface area contributed by atoms with Gasteiger partial charge in [-0.05, 0) is 29.8 Å². The number of phenolic OH excluding ortho intramolecular Hbond substituents is 1. The second-order valence-electron chi connectivity index (χ2n) is 5.76. The van der Waals surface area contributed by atoms with Gasteiger partial charge >= 0.3 is 5.69 Å². The SMILES string of the molecule is NC(=O)c1c(NCc2ccc(O)c([N+](=O)[O-])c2)n[nH]c1Nc1cccc(Cl)c1. The minimum atomic E-state index is -0.725. The Morgan fingerprint density at radius 3 is 2.79 bits per heavy atom. The average Bonchev–Trinajstić information content (AvgIpc) is 3.03. The highest BCUT2D eigenvalue weighted by atomic mass is 35.5. The average molecular weight is 403 g/mol. The maximum Gasteiger partial charge on any atom is 0.311 e. The van der Waals surface area contributed by atoms with Crippen molar-refractivity contribution in [2.24, 2.45) is 5.73 Å². The summed E-state index contributed by atoms with van der Waals surface area (Å²) in [5, 5.41) is 33.5. The van der Waals surface area contributed by atoms with Crippen molar-refractivity contribution in [1.82, 2.24) is 10.2 Å². The van der Waals surface area contributed by atoms with E-state index in [0.717, 1.165) is 0 Å². The van der Waals surface area contributed by atoms with E-state index >= 15 is 0 Å². The highest BCUT2D eigenvalue weighted by molar-refractivity contribution is 6.30. The minimum absolute atomic E-state index is 0.0910. The molecule has 1 aromatic heterocycles. The largest absolute Gasteiger partial charge is 0.502 e. The number of nitro benzene ring substituents is 1. The molecule has 0 saturated heterocycles. The molecule has 144 valence electrons. The smallest absolute Gasteiger partial charge is 0.311 e. The number of hydrogen-bond acceptors (Lipinski definition) is 7. The van der Waals surface area contributed by atoms with Crippen LogP contribution < -0.4 is 16.4 Å². The molecule has 2 aromatic carbocycles. The number of carbonyl (C=O) groups is 1. The topological polar surface area (TPSA) is 159 Å². The maximum atomic E-state index is 11.9. The van der Waals surface area contributed by atoms with Crippen LogP contribution in [0.3, 0.4) is 0 Å². The minimum Gasteiger partial charge on any atom is -0.502 e. The number of primary amides is 1. The highest BCUT2D eigenvalue weighted by Crippen LogP contribution is 2.28. The molecule has 0 saturated carbocycles. The van der Waals surface area contributed by atoms with Gasteiger partial charge < -0.3 is 21.5 Å². The molecule has 0 fully saturated rings. The van der Waals surface area contributed by atoms with Gasteiger partial charge in [0.1, 0.15) is 11.4 Å². The van der Waals surface area contributed by atoms with Gasteiger partial charge in [-0.2, -0.15) is 5.10 Å². The molecule has 3 aromatic rings. The molecule has 0 atom stereocenters. The Bertz CT molecular complexity index is 1050. The lowest BCUT2D eigenvalue weighted by Crippen LogP contribution is -2.15. The number of nitrogens with two attached hydrogens (primary N) is 1. The van der Waals surface area contributed by atoms with Crippen LogP contribution in [0.15, 0.2) is 42.5 Å². The van der Waals surface area contributed by atoms with Crippen LogP contribution in [0.25, 0.3) is 0 Å². The van der Waals surface area contributed by atoms with Crippen molar-refractivity contribution in [3.63, 3.8) is 0 Å². The number of rotatable bonds is 7. The first-order valence-corrected chi connectivity index (χ1v) is 8.34. The van der Waals surface area contributed by atoms with Crippen LogP contribution in [-0.2, 0) is 6.54 Å². The van der Waals surface area contributed by atoms with Crippen molar-refractivity contribution in [2.45, 2.75) is 6.54 Å². The predicted molar refractivity (Wildman–Crippen MR) is 104 cm³/mol. The molecular formula is C17H15ClN6O4. The van der Waals surface area contributed by atoms with Crippen molar-refractivity contribution in [1.29, 1.82) is 0 Å². The lowest BCUT2D eigenvalue weighted by Gasteiger charge is -2.08. The van der Waals surface area contributed by atoms with E-state index in [1.807, 2.05) is 0 Å². The molecular weight excluding hydrogens is 388 g/mol. The van der Waals surface area contributed by atoms with Gasteiger partial charge in [-0.1, -0.05) is 23.7 Å². The summed E-state index contributed by atoms with van der Waals surface area (Å²) in [4.78, 5) is 22.1. The first-order valence-electron chi connectivity index (χ1n) is 7.96. The number of aromatic amines is 1. The Morgan fingerprint density at radius 2 is 2.11 bits per heavy atom. The van der Waals surface area contributed by atoms with Gasteiger partial charge in [0, 0.05) is 23.3 Å². The first kappa shape index (κ1) is 19.0. The van der Waals surface area contributed by atoms with Crippen LogP contribution in [-0.4, -0.2) is 26.1 Å². The molecule has 6 N–H and O–H groups in total. The van der Waals surface area contributed by atoms with E-state index in [4.69, 9.17) is 17.3 Å². The fourth-order valence-corrected chi connectivity index (χ4v) is 2.71. The van der Waals surface area contributed by atoms with Gasteiger partial charge in [0.05, 0.1) is 4.92 Å². The van der Waals surface area contributed by atoms with Gasteiger partial charge in [0.15, 0.2) is 11.6 Å². The summed E-state index contributed by atoms with van der Waals surface area (Å²) >= 11 is 5.95.